The standard InChI is InChI=1S/C7H15N.C6H6O2S.C5H11N/c1-7-3-5-8(2)6-4-7;7-6(8)4-5-2-1-3-9-5;1-2-4-6-5-3-1/h7H,3-6H2,1-2H3;1-3H,4H2,(H,7,8);6H,1-5H2. The number of nitrogens with zero attached hydrogens (tertiary/aromatic N) is 1. The molecule has 1 aromatic heterocycles. The first kappa shape index (κ1) is 20.1. The molecule has 2 N–H and O–H groups in total. The van der Waals surface area contributed by atoms with Gasteiger partial charge in [-0.3, -0.25) is 4.79 Å². The molecule has 0 aliphatic carbocycles. The van der Waals surface area contributed by atoms with E-state index in [1.54, 1.807) is 0 Å². The fourth-order valence-corrected chi connectivity index (χ4v) is 3.20. The van der Waals surface area contributed by atoms with E-state index in [-0.39, 0.29) is 6.42 Å². The SMILES string of the molecule is C1CCNCC1.CC1CCN(C)CC1.O=C(O)Cc1cccs1. The van der Waals surface area contributed by atoms with Gasteiger partial charge in [-0.1, -0.05) is 19.4 Å². The largest absolute Gasteiger partial charge is 0.481 e. The smallest absolute Gasteiger partial charge is 0.308 e. The number of carboxylic acid groups (broad SMARTS) is 1. The lowest BCUT2D eigenvalue weighted by molar-refractivity contribution is -0.136. The van der Waals surface area contributed by atoms with Crippen LogP contribution in [0.15, 0.2) is 17.5 Å². The molecule has 23 heavy (non-hydrogen) atoms. The van der Waals surface area contributed by atoms with E-state index in [4.69, 9.17) is 5.11 Å². The number of carboxylic acids is 1. The Morgan fingerprint density at radius 2 is 1.96 bits per heavy atom. The molecule has 0 spiro atoms. The van der Waals surface area contributed by atoms with Gasteiger partial charge in [0.25, 0.3) is 0 Å². The van der Waals surface area contributed by atoms with Crippen molar-refractivity contribution in [3.05, 3.63) is 22.4 Å². The van der Waals surface area contributed by atoms with Crippen LogP contribution in [0, 0.1) is 5.92 Å². The molecule has 0 atom stereocenters. The van der Waals surface area contributed by atoms with E-state index in [2.05, 4.69) is 24.2 Å². The molecule has 4 nitrogen and oxygen atoms in total. The van der Waals surface area contributed by atoms with Gasteiger partial charge in [0, 0.05) is 4.88 Å². The van der Waals surface area contributed by atoms with Gasteiger partial charge in [-0.2, -0.15) is 0 Å². The van der Waals surface area contributed by atoms with Crippen molar-refractivity contribution in [2.24, 2.45) is 5.92 Å². The van der Waals surface area contributed by atoms with Crippen molar-refractivity contribution in [2.75, 3.05) is 33.2 Å². The molecule has 0 saturated carbocycles. The highest BCUT2D eigenvalue weighted by atomic mass is 32.1. The fraction of sp³-hybridized carbons (Fsp3) is 0.722. The first-order valence-electron chi connectivity index (χ1n) is 8.71. The van der Waals surface area contributed by atoms with Crippen LogP contribution in [-0.4, -0.2) is 49.2 Å². The first-order chi connectivity index (χ1) is 11.1. The topological polar surface area (TPSA) is 52.6 Å². The molecule has 3 heterocycles. The Labute approximate surface area is 144 Å². The fourth-order valence-electron chi connectivity index (χ4n) is 2.50. The second-order valence-corrected chi connectivity index (χ2v) is 7.48. The third kappa shape index (κ3) is 11.3. The third-order valence-electron chi connectivity index (χ3n) is 4.12. The van der Waals surface area contributed by atoms with Crippen LogP contribution in [0.25, 0.3) is 0 Å². The van der Waals surface area contributed by atoms with Gasteiger partial charge in [-0.25, -0.2) is 0 Å². The van der Waals surface area contributed by atoms with Crippen LogP contribution in [0.3, 0.4) is 0 Å². The summed E-state index contributed by atoms with van der Waals surface area (Å²) in [6.45, 7) is 7.45. The van der Waals surface area contributed by atoms with Crippen molar-refractivity contribution >= 4 is 17.3 Å². The number of hydrogen-bond donors (Lipinski definition) is 2. The monoisotopic (exact) mass is 340 g/mol. The zero-order chi connectivity index (χ0) is 16.9. The maximum Gasteiger partial charge on any atom is 0.308 e. The molecule has 0 amide bonds. The molecular formula is C18H32N2O2S. The summed E-state index contributed by atoms with van der Waals surface area (Å²) in [7, 11) is 2.20. The molecule has 3 rings (SSSR count). The maximum atomic E-state index is 10.1. The quantitative estimate of drug-likeness (QED) is 0.865. The van der Waals surface area contributed by atoms with Crippen LogP contribution in [0.5, 0.6) is 0 Å². The molecule has 0 radical (unpaired) electrons. The van der Waals surface area contributed by atoms with Crippen LogP contribution < -0.4 is 5.32 Å². The Morgan fingerprint density at radius 1 is 1.30 bits per heavy atom. The van der Waals surface area contributed by atoms with Crippen molar-refractivity contribution in [2.45, 2.75) is 45.4 Å². The summed E-state index contributed by atoms with van der Waals surface area (Å²) in [5.74, 6) is 0.212. The van der Waals surface area contributed by atoms with E-state index in [1.165, 1.54) is 69.6 Å². The summed E-state index contributed by atoms with van der Waals surface area (Å²) in [6, 6.07) is 3.67. The molecule has 0 bridgehead atoms. The highest BCUT2D eigenvalue weighted by Gasteiger charge is 2.10. The zero-order valence-electron chi connectivity index (χ0n) is 14.6. The highest BCUT2D eigenvalue weighted by molar-refractivity contribution is 7.10. The number of aliphatic carboxylic acids is 1. The Balaban J connectivity index is 0.000000176. The predicted molar refractivity (Wildman–Crippen MR) is 98.3 cm³/mol. The molecule has 2 aliphatic heterocycles. The average Bonchev–Trinajstić information content (AvgIpc) is 3.05. The Kier molecular flexibility index (Phi) is 10.9. The predicted octanol–water partition coefficient (Wildman–Crippen LogP) is 3.48. The molecule has 2 saturated heterocycles. The van der Waals surface area contributed by atoms with Crippen LogP contribution in [-0.2, 0) is 11.2 Å². The second-order valence-electron chi connectivity index (χ2n) is 6.45. The number of carbonyl (C=O) groups is 1. The molecule has 5 heteroatoms. The highest BCUT2D eigenvalue weighted by Crippen LogP contribution is 2.13. The minimum absolute atomic E-state index is 0.150. The molecule has 132 valence electrons. The Bertz CT molecular complexity index is 376. The summed E-state index contributed by atoms with van der Waals surface area (Å²) < 4.78 is 0. The minimum Gasteiger partial charge on any atom is -0.481 e. The van der Waals surface area contributed by atoms with Crippen molar-refractivity contribution < 1.29 is 9.90 Å². The number of likely N-dealkylation sites (tertiary alicyclic amines) is 1. The van der Waals surface area contributed by atoms with Crippen molar-refractivity contribution in [1.29, 1.82) is 0 Å². The first-order valence-corrected chi connectivity index (χ1v) is 9.59. The lowest BCUT2D eigenvalue weighted by Crippen LogP contribution is -2.28. The van der Waals surface area contributed by atoms with Crippen LogP contribution in [0.2, 0.25) is 0 Å². The summed E-state index contributed by atoms with van der Waals surface area (Å²) >= 11 is 1.47. The number of rotatable bonds is 2. The van der Waals surface area contributed by atoms with Gasteiger partial charge in [-0.05, 0) is 76.3 Å². The summed E-state index contributed by atoms with van der Waals surface area (Å²) in [5.41, 5.74) is 0. The van der Waals surface area contributed by atoms with E-state index in [9.17, 15) is 4.79 Å². The van der Waals surface area contributed by atoms with Crippen molar-refractivity contribution in [1.82, 2.24) is 10.2 Å². The van der Waals surface area contributed by atoms with Crippen molar-refractivity contribution in [3.63, 3.8) is 0 Å². The Hall–Kier alpha value is -0.910. The van der Waals surface area contributed by atoms with E-state index in [0.29, 0.717) is 0 Å². The number of piperidine rings is 2. The van der Waals surface area contributed by atoms with E-state index in [1.807, 2.05) is 17.5 Å². The summed E-state index contributed by atoms with van der Waals surface area (Å²) in [5, 5.41) is 13.4. The number of hydrogen-bond acceptors (Lipinski definition) is 4. The molecular weight excluding hydrogens is 308 g/mol. The molecule has 2 aliphatic rings. The number of thiophene rings is 1. The van der Waals surface area contributed by atoms with E-state index in [0.717, 1.165) is 10.8 Å². The van der Waals surface area contributed by atoms with Crippen LogP contribution >= 0.6 is 11.3 Å². The van der Waals surface area contributed by atoms with Crippen LogP contribution in [0.4, 0.5) is 0 Å². The molecule has 0 unspecified atom stereocenters. The van der Waals surface area contributed by atoms with Gasteiger partial charge in [0.15, 0.2) is 0 Å². The second kappa shape index (κ2) is 12.5. The lowest BCUT2D eigenvalue weighted by atomic mass is 10.00. The van der Waals surface area contributed by atoms with Gasteiger partial charge in [0.1, 0.15) is 0 Å². The summed E-state index contributed by atoms with van der Waals surface area (Å²) in [4.78, 5) is 13.4. The number of nitrogens with one attached hydrogen (secondary N) is 1. The van der Waals surface area contributed by atoms with Gasteiger partial charge >= 0.3 is 5.97 Å². The third-order valence-corrected chi connectivity index (χ3v) is 5.00. The van der Waals surface area contributed by atoms with Gasteiger partial charge < -0.3 is 15.3 Å². The molecule has 2 fully saturated rings. The Morgan fingerprint density at radius 3 is 2.30 bits per heavy atom. The van der Waals surface area contributed by atoms with Crippen LogP contribution in [0.1, 0.15) is 43.9 Å². The minimum atomic E-state index is -0.766. The van der Waals surface area contributed by atoms with Gasteiger partial charge in [0.05, 0.1) is 6.42 Å². The normalized spacial score (nSPS) is 19.0. The van der Waals surface area contributed by atoms with E-state index >= 15 is 0 Å². The van der Waals surface area contributed by atoms with Crippen molar-refractivity contribution in [3.8, 4) is 0 Å². The molecule has 1 aromatic rings. The van der Waals surface area contributed by atoms with Gasteiger partial charge in [-0.15, -0.1) is 11.3 Å². The van der Waals surface area contributed by atoms with E-state index < -0.39 is 5.97 Å². The van der Waals surface area contributed by atoms with Gasteiger partial charge in [0.2, 0.25) is 0 Å². The average molecular weight is 341 g/mol. The summed E-state index contributed by atoms with van der Waals surface area (Å²) in [6.07, 6.45) is 7.16. The zero-order valence-corrected chi connectivity index (χ0v) is 15.4. The maximum absolute atomic E-state index is 10.1. The molecule has 0 aromatic carbocycles. The lowest BCUT2D eigenvalue weighted by Gasteiger charge is -2.26.